The molecule has 2 unspecified atom stereocenters. The van der Waals surface area contributed by atoms with E-state index in [0.717, 1.165) is 25.7 Å². The molecule has 0 saturated heterocycles. The van der Waals surface area contributed by atoms with E-state index in [1.54, 1.807) is 12.1 Å². The minimum Gasteiger partial charge on any atom is -0.396 e. The molecule has 98 valence electrons. The Bertz CT molecular complexity index is 425. The van der Waals surface area contributed by atoms with Crippen LogP contribution >= 0.6 is 0 Å². The zero-order valence-electron chi connectivity index (χ0n) is 10.1. The lowest BCUT2D eigenvalue weighted by Crippen LogP contribution is -2.34. The molecule has 2 N–H and O–H groups in total. The number of aromatic nitrogens is 1. The zero-order valence-corrected chi connectivity index (χ0v) is 10.1. The largest absolute Gasteiger partial charge is 0.396 e. The van der Waals surface area contributed by atoms with Gasteiger partial charge in [-0.1, -0.05) is 12.8 Å². The second-order valence-electron chi connectivity index (χ2n) is 4.61. The van der Waals surface area contributed by atoms with Crippen molar-refractivity contribution in [1.82, 2.24) is 4.98 Å². The lowest BCUT2D eigenvalue weighted by atomic mass is 9.85. The van der Waals surface area contributed by atoms with Crippen LogP contribution in [0.5, 0.6) is 0 Å². The van der Waals surface area contributed by atoms with Crippen LogP contribution in [0, 0.1) is 16.0 Å². The monoisotopic (exact) mass is 251 g/mol. The molecule has 0 bridgehead atoms. The number of pyridine rings is 1. The van der Waals surface area contributed by atoms with Gasteiger partial charge in [0, 0.05) is 18.6 Å². The van der Waals surface area contributed by atoms with Crippen LogP contribution in [0.15, 0.2) is 18.3 Å². The molecule has 1 aromatic rings. The Hall–Kier alpha value is -1.69. The van der Waals surface area contributed by atoms with Gasteiger partial charge in [0.25, 0.3) is 0 Å². The third-order valence-corrected chi connectivity index (χ3v) is 3.44. The van der Waals surface area contributed by atoms with Gasteiger partial charge >= 0.3 is 5.82 Å². The Morgan fingerprint density at radius 3 is 3.00 bits per heavy atom. The molecule has 6 nitrogen and oxygen atoms in total. The van der Waals surface area contributed by atoms with Crippen LogP contribution in [0.3, 0.4) is 0 Å². The SMILES string of the molecule is O=[N+]([O-])c1ncccc1NC1CCCCC1CO. The van der Waals surface area contributed by atoms with Crippen LogP contribution in [0.2, 0.25) is 0 Å². The number of anilines is 1. The van der Waals surface area contributed by atoms with Crippen molar-refractivity contribution in [3.63, 3.8) is 0 Å². The van der Waals surface area contributed by atoms with E-state index in [0.29, 0.717) is 5.69 Å². The highest BCUT2D eigenvalue weighted by atomic mass is 16.6. The molecule has 0 aliphatic heterocycles. The van der Waals surface area contributed by atoms with Gasteiger partial charge in [-0.25, -0.2) is 0 Å². The molecule has 1 heterocycles. The molecule has 18 heavy (non-hydrogen) atoms. The standard InChI is InChI=1S/C12H17N3O3/c16-8-9-4-1-2-5-10(9)14-11-6-3-7-13-12(11)15(17)18/h3,6-7,9-10,14,16H,1-2,4-5,8H2. The third kappa shape index (κ3) is 2.76. The van der Waals surface area contributed by atoms with Gasteiger partial charge in [0.05, 0.1) is 0 Å². The maximum Gasteiger partial charge on any atom is 0.386 e. The number of nitrogens with one attached hydrogen (secondary N) is 1. The molecule has 0 radical (unpaired) electrons. The van der Waals surface area contributed by atoms with E-state index >= 15 is 0 Å². The van der Waals surface area contributed by atoms with Crippen molar-refractivity contribution in [1.29, 1.82) is 0 Å². The summed E-state index contributed by atoms with van der Waals surface area (Å²) in [6.07, 6.45) is 5.49. The predicted molar refractivity (Wildman–Crippen MR) is 67.3 cm³/mol. The summed E-state index contributed by atoms with van der Waals surface area (Å²) in [6.45, 7) is 0.117. The number of nitro groups is 1. The molecule has 0 spiro atoms. The number of aliphatic hydroxyl groups is 1. The molecule has 6 heteroatoms. The number of rotatable bonds is 4. The summed E-state index contributed by atoms with van der Waals surface area (Å²) in [5.74, 6) is 0.0123. The van der Waals surface area contributed by atoms with Crippen LogP contribution in [0.1, 0.15) is 25.7 Å². The van der Waals surface area contributed by atoms with Crippen molar-refractivity contribution in [2.75, 3.05) is 11.9 Å². The van der Waals surface area contributed by atoms with Crippen molar-refractivity contribution < 1.29 is 10.0 Å². The van der Waals surface area contributed by atoms with E-state index in [2.05, 4.69) is 10.3 Å². The van der Waals surface area contributed by atoms with Crippen molar-refractivity contribution in [2.45, 2.75) is 31.7 Å². The number of hydrogen-bond donors (Lipinski definition) is 2. The molecule has 1 fully saturated rings. The van der Waals surface area contributed by atoms with Crippen molar-refractivity contribution in [3.05, 3.63) is 28.4 Å². The van der Waals surface area contributed by atoms with E-state index in [9.17, 15) is 15.2 Å². The van der Waals surface area contributed by atoms with Gasteiger partial charge in [-0.05, 0) is 34.9 Å². The van der Waals surface area contributed by atoms with Gasteiger partial charge in [-0.15, -0.1) is 0 Å². The Morgan fingerprint density at radius 1 is 1.50 bits per heavy atom. The fourth-order valence-corrected chi connectivity index (χ4v) is 2.47. The minimum atomic E-state index is -0.487. The van der Waals surface area contributed by atoms with E-state index in [1.807, 2.05) is 0 Å². The summed E-state index contributed by atoms with van der Waals surface area (Å²) in [5.41, 5.74) is 0.438. The smallest absolute Gasteiger partial charge is 0.386 e. The summed E-state index contributed by atoms with van der Waals surface area (Å²) >= 11 is 0. The molecule has 0 amide bonds. The highest BCUT2D eigenvalue weighted by Gasteiger charge is 2.26. The quantitative estimate of drug-likeness (QED) is 0.630. The number of aliphatic hydroxyl groups excluding tert-OH is 1. The fourth-order valence-electron chi connectivity index (χ4n) is 2.47. The van der Waals surface area contributed by atoms with Gasteiger partial charge in [0.1, 0.15) is 11.9 Å². The first-order chi connectivity index (χ1) is 8.72. The first-order valence-corrected chi connectivity index (χ1v) is 6.19. The third-order valence-electron chi connectivity index (χ3n) is 3.44. The van der Waals surface area contributed by atoms with Crippen LogP contribution in [0.25, 0.3) is 0 Å². The van der Waals surface area contributed by atoms with E-state index in [4.69, 9.17) is 0 Å². The minimum absolute atomic E-state index is 0.0895. The molecule has 2 atom stereocenters. The van der Waals surface area contributed by atoms with Gasteiger partial charge in [0.2, 0.25) is 0 Å². The molecular weight excluding hydrogens is 234 g/mol. The van der Waals surface area contributed by atoms with Crippen molar-refractivity contribution in [3.8, 4) is 0 Å². The average molecular weight is 251 g/mol. The van der Waals surface area contributed by atoms with Crippen LogP contribution in [-0.4, -0.2) is 27.7 Å². The van der Waals surface area contributed by atoms with Crippen molar-refractivity contribution in [2.24, 2.45) is 5.92 Å². The first-order valence-electron chi connectivity index (χ1n) is 6.19. The summed E-state index contributed by atoms with van der Waals surface area (Å²) < 4.78 is 0. The van der Waals surface area contributed by atoms with Crippen LogP contribution in [-0.2, 0) is 0 Å². The van der Waals surface area contributed by atoms with E-state index in [-0.39, 0.29) is 24.4 Å². The van der Waals surface area contributed by atoms with Crippen LogP contribution in [0.4, 0.5) is 11.5 Å². The summed E-state index contributed by atoms with van der Waals surface area (Å²) in [4.78, 5) is 14.2. The normalized spacial score (nSPS) is 23.6. The maximum atomic E-state index is 10.9. The Labute approximate surface area is 105 Å². The van der Waals surface area contributed by atoms with Gasteiger partial charge < -0.3 is 20.5 Å². The number of nitrogens with zero attached hydrogens (tertiary/aromatic N) is 2. The topological polar surface area (TPSA) is 88.3 Å². The maximum absolute atomic E-state index is 10.9. The lowest BCUT2D eigenvalue weighted by molar-refractivity contribution is -0.388. The van der Waals surface area contributed by atoms with E-state index < -0.39 is 4.92 Å². The molecule has 1 aliphatic carbocycles. The predicted octanol–water partition coefficient (Wildman–Crippen LogP) is 1.95. The van der Waals surface area contributed by atoms with Gasteiger partial charge in [-0.3, -0.25) is 0 Å². The molecule has 2 rings (SSSR count). The second kappa shape index (κ2) is 5.77. The summed E-state index contributed by atoms with van der Waals surface area (Å²) in [7, 11) is 0. The molecule has 1 aromatic heterocycles. The average Bonchev–Trinajstić information content (AvgIpc) is 2.40. The lowest BCUT2D eigenvalue weighted by Gasteiger charge is -2.31. The Balaban J connectivity index is 2.15. The Morgan fingerprint density at radius 2 is 2.28 bits per heavy atom. The first kappa shape index (κ1) is 12.8. The molecule has 0 aromatic carbocycles. The highest BCUT2D eigenvalue weighted by Crippen LogP contribution is 2.29. The van der Waals surface area contributed by atoms with Gasteiger partial charge in [0.15, 0.2) is 0 Å². The fraction of sp³-hybridized carbons (Fsp3) is 0.583. The van der Waals surface area contributed by atoms with Crippen molar-refractivity contribution >= 4 is 11.5 Å². The highest BCUT2D eigenvalue weighted by molar-refractivity contribution is 5.57. The summed E-state index contributed by atoms with van der Waals surface area (Å²) in [6, 6.07) is 3.42. The Kier molecular flexibility index (Phi) is 4.09. The van der Waals surface area contributed by atoms with Crippen LogP contribution < -0.4 is 5.32 Å². The summed E-state index contributed by atoms with van der Waals surface area (Å²) in [5, 5.41) is 23.4. The van der Waals surface area contributed by atoms with E-state index in [1.165, 1.54) is 6.20 Å². The number of hydrogen-bond acceptors (Lipinski definition) is 5. The molecule has 1 aliphatic rings. The zero-order chi connectivity index (χ0) is 13.0. The van der Waals surface area contributed by atoms with Gasteiger partial charge in [-0.2, -0.15) is 0 Å². The second-order valence-corrected chi connectivity index (χ2v) is 4.61. The molecular formula is C12H17N3O3. The molecule has 1 saturated carbocycles.